The molecule has 84 valence electrons. The van der Waals surface area contributed by atoms with Crippen molar-refractivity contribution in [3.63, 3.8) is 0 Å². The second kappa shape index (κ2) is 9.16. The summed E-state index contributed by atoms with van der Waals surface area (Å²) in [4.78, 5) is 11.4. The SMILES string of the molecule is CCCC(=O)C1CCCCC1.CNO. The molecule has 1 aliphatic carbocycles. The van der Waals surface area contributed by atoms with E-state index in [4.69, 9.17) is 5.21 Å². The Morgan fingerprint density at radius 1 is 1.36 bits per heavy atom. The van der Waals surface area contributed by atoms with E-state index in [1.807, 2.05) is 0 Å². The van der Waals surface area contributed by atoms with Crippen molar-refractivity contribution >= 4 is 5.78 Å². The van der Waals surface area contributed by atoms with E-state index in [-0.39, 0.29) is 0 Å². The Morgan fingerprint density at radius 3 is 2.29 bits per heavy atom. The van der Waals surface area contributed by atoms with E-state index >= 15 is 0 Å². The Hall–Kier alpha value is -0.410. The lowest BCUT2D eigenvalue weighted by Gasteiger charge is -2.19. The lowest BCUT2D eigenvalue weighted by Crippen LogP contribution is -2.16. The van der Waals surface area contributed by atoms with Crippen molar-refractivity contribution in [1.29, 1.82) is 0 Å². The molecule has 1 aliphatic rings. The molecule has 1 rings (SSSR count). The lowest BCUT2D eigenvalue weighted by molar-refractivity contribution is -0.123. The highest BCUT2D eigenvalue weighted by Crippen LogP contribution is 2.25. The van der Waals surface area contributed by atoms with Crippen LogP contribution in [-0.2, 0) is 4.79 Å². The van der Waals surface area contributed by atoms with Crippen LogP contribution in [0.4, 0.5) is 0 Å². The van der Waals surface area contributed by atoms with E-state index in [9.17, 15) is 4.79 Å². The van der Waals surface area contributed by atoms with Crippen molar-refractivity contribution in [3.8, 4) is 0 Å². The monoisotopic (exact) mass is 201 g/mol. The van der Waals surface area contributed by atoms with Gasteiger partial charge in [0.25, 0.3) is 0 Å². The number of Topliss-reactive ketones (excluding diaryl/α,β-unsaturated/α-hetero) is 1. The van der Waals surface area contributed by atoms with Gasteiger partial charge < -0.3 is 5.21 Å². The summed E-state index contributed by atoms with van der Waals surface area (Å²) in [5.74, 6) is 0.955. The van der Waals surface area contributed by atoms with Crippen LogP contribution in [0, 0.1) is 5.92 Å². The van der Waals surface area contributed by atoms with Crippen LogP contribution in [0.25, 0.3) is 0 Å². The van der Waals surface area contributed by atoms with Crippen molar-refractivity contribution in [2.75, 3.05) is 7.05 Å². The van der Waals surface area contributed by atoms with Gasteiger partial charge in [0.2, 0.25) is 0 Å². The molecule has 3 nitrogen and oxygen atoms in total. The zero-order chi connectivity index (χ0) is 10.8. The average Bonchev–Trinajstić information content (AvgIpc) is 2.21. The van der Waals surface area contributed by atoms with Gasteiger partial charge in [-0.05, 0) is 19.3 Å². The first-order valence-corrected chi connectivity index (χ1v) is 5.59. The quantitative estimate of drug-likeness (QED) is 0.690. The van der Waals surface area contributed by atoms with Crippen LogP contribution in [-0.4, -0.2) is 18.0 Å². The van der Waals surface area contributed by atoms with Gasteiger partial charge in [0.05, 0.1) is 0 Å². The predicted molar refractivity (Wildman–Crippen MR) is 57.3 cm³/mol. The molecule has 0 amide bonds. The molecule has 0 spiro atoms. The Bertz CT molecular complexity index is 142. The standard InChI is InChI=1S/C10H18O.CH5NO/c1-2-6-10(11)9-7-4-3-5-8-9;1-2-3/h9H,2-8H2,1H3;2-3H,1H3. The fraction of sp³-hybridized carbons (Fsp3) is 0.909. The first-order chi connectivity index (χ1) is 6.76. The largest absolute Gasteiger partial charge is 0.317 e. The number of hydrogen-bond acceptors (Lipinski definition) is 3. The summed E-state index contributed by atoms with van der Waals surface area (Å²) in [6.07, 6.45) is 8.06. The Morgan fingerprint density at radius 2 is 1.86 bits per heavy atom. The first kappa shape index (κ1) is 13.6. The summed E-state index contributed by atoms with van der Waals surface area (Å²) in [7, 11) is 1.43. The fourth-order valence-electron chi connectivity index (χ4n) is 1.88. The maximum atomic E-state index is 11.4. The summed E-state index contributed by atoms with van der Waals surface area (Å²) >= 11 is 0. The molecule has 0 aliphatic heterocycles. The molecule has 0 atom stereocenters. The molecule has 0 aromatic carbocycles. The number of carbonyl (C=O) groups is 1. The highest BCUT2D eigenvalue weighted by Gasteiger charge is 2.19. The van der Waals surface area contributed by atoms with Crippen molar-refractivity contribution in [2.24, 2.45) is 5.92 Å². The number of carbonyl (C=O) groups excluding carboxylic acids is 1. The third-order valence-electron chi connectivity index (χ3n) is 2.56. The van der Waals surface area contributed by atoms with Crippen molar-refractivity contribution in [1.82, 2.24) is 5.48 Å². The normalized spacial score (nSPS) is 17.1. The van der Waals surface area contributed by atoms with E-state index in [1.54, 1.807) is 5.48 Å². The van der Waals surface area contributed by atoms with Gasteiger partial charge >= 0.3 is 0 Å². The molecule has 0 aromatic heterocycles. The summed E-state index contributed by atoms with van der Waals surface area (Å²) in [6.45, 7) is 2.08. The summed E-state index contributed by atoms with van der Waals surface area (Å²) < 4.78 is 0. The van der Waals surface area contributed by atoms with Gasteiger partial charge in [-0.1, -0.05) is 26.2 Å². The van der Waals surface area contributed by atoms with Gasteiger partial charge in [0.15, 0.2) is 0 Å². The Labute approximate surface area is 86.8 Å². The highest BCUT2D eigenvalue weighted by atomic mass is 16.5. The topological polar surface area (TPSA) is 49.3 Å². The number of nitrogens with one attached hydrogen (secondary N) is 1. The molecule has 0 bridgehead atoms. The predicted octanol–water partition coefficient (Wildman–Crippen LogP) is 2.53. The maximum Gasteiger partial charge on any atom is 0.135 e. The van der Waals surface area contributed by atoms with Gasteiger partial charge in [0.1, 0.15) is 5.78 Å². The van der Waals surface area contributed by atoms with Gasteiger partial charge in [-0.25, -0.2) is 5.48 Å². The molecule has 0 aromatic rings. The molecular formula is C11H23NO2. The molecule has 3 heteroatoms. The van der Waals surface area contributed by atoms with E-state index < -0.39 is 0 Å². The van der Waals surface area contributed by atoms with Crippen LogP contribution in [0.1, 0.15) is 51.9 Å². The van der Waals surface area contributed by atoms with Crippen molar-refractivity contribution in [2.45, 2.75) is 51.9 Å². The lowest BCUT2D eigenvalue weighted by atomic mass is 9.85. The molecule has 1 saturated carbocycles. The molecule has 0 unspecified atom stereocenters. The van der Waals surface area contributed by atoms with Crippen LogP contribution in [0.3, 0.4) is 0 Å². The number of ketones is 1. The maximum absolute atomic E-state index is 11.4. The van der Waals surface area contributed by atoms with Crippen molar-refractivity contribution < 1.29 is 10.0 Å². The second-order valence-corrected chi connectivity index (χ2v) is 3.77. The molecule has 0 heterocycles. The molecule has 1 fully saturated rings. The minimum Gasteiger partial charge on any atom is -0.317 e. The van der Waals surface area contributed by atoms with Crippen LogP contribution in [0.15, 0.2) is 0 Å². The van der Waals surface area contributed by atoms with Crippen LogP contribution < -0.4 is 5.48 Å². The highest BCUT2D eigenvalue weighted by molar-refractivity contribution is 5.80. The molecular weight excluding hydrogens is 178 g/mol. The number of hydroxylamine groups is 1. The van der Waals surface area contributed by atoms with E-state index in [1.165, 1.54) is 39.2 Å². The minimum atomic E-state index is 0.434. The Balaban J connectivity index is 0.000000500. The first-order valence-electron chi connectivity index (χ1n) is 5.59. The smallest absolute Gasteiger partial charge is 0.135 e. The summed E-state index contributed by atoms with van der Waals surface area (Å²) in [5, 5.41) is 7.32. The molecule has 0 radical (unpaired) electrons. The minimum absolute atomic E-state index is 0.434. The van der Waals surface area contributed by atoms with Crippen LogP contribution in [0.2, 0.25) is 0 Å². The zero-order valence-electron chi connectivity index (χ0n) is 9.38. The van der Waals surface area contributed by atoms with Gasteiger partial charge in [-0.15, -0.1) is 0 Å². The number of rotatable bonds is 3. The zero-order valence-corrected chi connectivity index (χ0v) is 9.38. The van der Waals surface area contributed by atoms with Crippen LogP contribution in [0.5, 0.6) is 0 Å². The molecule has 0 saturated heterocycles. The molecule has 14 heavy (non-hydrogen) atoms. The van der Waals surface area contributed by atoms with Crippen LogP contribution >= 0.6 is 0 Å². The van der Waals surface area contributed by atoms with Gasteiger partial charge in [0, 0.05) is 19.4 Å². The van der Waals surface area contributed by atoms with Crippen molar-refractivity contribution in [3.05, 3.63) is 0 Å². The third-order valence-corrected chi connectivity index (χ3v) is 2.56. The number of hydrogen-bond donors (Lipinski definition) is 2. The third kappa shape index (κ3) is 6.11. The van der Waals surface area contributed by atoms with Gasteiger partial charge in [-0.2, -0.15) is 0 Å². The Kier molecular flexibility index (Phi) is 8.89. The van der Waals surface area contributed by atoms with E-state index in [2.05, 4.69) is 6.92 Å². The second-order valence-electron chi connectivity index (χ2n) is 3.77. The summed E-state index contributed by atoms with van der Waals surface area (Å²) in [6, 6.07) is 0. The fourth-order valence-corrected chi connectivity index (χ4v) is 1.88. The molecule has 2 N–H and O–H groups in total. The summed E-state index contributed by atoms with van der Waals surface area (Å²) in [5.41, 5.74) is 1.75. The average molecular weight is 201 g/mol. The van der Waals surface area contributed by atoms with E-state index in [0.717, 1.165) is 12.8 Å². The van der Waals surface area contributed by atoms with E-state index in [0.29, 0.717) is 11.7 Å². The van der Waals surface area contributed by atoms with Gasteiger partial charge in [-0.3, -0.25) is 4.79 Å².